The standard InChI is InChI=1S/C15H12ClFOS/c16-11-5-1-4-10(15(11)17)7-12(18)14-8-9-3-2-6-13(9)19-14/h1,4-5,8H,2-3,6-7H2. The number of benzene rings is 1. The first-order valence-corrected chi connectivity index (χ1v) is 7.42. The molecule has 0 radical (unpaired) electrons. The summed E-state index contributed by atoms with van der Waals surface area (Å²) in [6.45, 7) is 0. The van der Waals surface area contributed by atoms with Crippen LogP contribution in [0, 0.1) is 5.82 Å². The average Bonchev–Trinajstić information content (AvgIpc) is 2.95. The fraction of sp³-hybridized carbons (Fsp3) is 0.267. The maximum absolute atomic E-state index is 13.8. The van der Waals surface area contributed by atoms with Gasteiger partial charge in [0.05, 0.1) is 9.90 Å². The van der Waals surface area contributed by atoms with Crippen molar-refractivity contribution in [2.45, 2.75) is 25.7 Å². The van der Waals surface area contributed by atoms with Gasteiger partial charge >= 0.3 is 0 Å². The van der Waals surface area contributed by atoms with Gasteiger partial charge in [-0.15, -0.1) is 11.3 Å². The third-order valence-electron chi connectivity index (χ3n) is 3.40. The van der Waals surface area contributed by atoms with Crippen molar-refractivity contribution in [2.24, 2.45) is 0 Å². The van der Waals surface area contributed by atoms with Crippen molar-refractivity contribution in [1.29, 1.82) is 0 Å². The molecule has 2 aromatic rings. The third kappa shape index (κ3) is 2.45. The van der Waals surface area contributed by atoms with E-state index in [0.717, 1.165) is 17.7 Å². The molecule has 0 bridgehead atoms. The van der Waals surface area contributed by atoms with Crippen LogP contribution in [0.4, 0.5) is 4.39 Å². The van der Waals surface area contributed by atoms with Crippen molar-refractivity contribution in [3.05, 3.63) is 56.0 Å². The molecule has 1 aliphatic carbocycles. The zero-order valence-corrected chi connectivity index (χ0v) is 11.8. The van der Waals surface area contributed by atoms with Gasteiger partial charge in [0.15, 0.2) is 5.78 Å². The molecule has 0 saturated heterocycles. The second kappa shape index (κ2) is 5.06. The summed E-state index contributed by atoms with van der Waals surface area (Å²) in [6, 6.07) is 6.74. The van der Waals surface area contributed by atoms with Gasteiger partial charge in [-0.2, -0.15) is 0 Å². The van der Waals surface area contributed by atoms with Crippen LogP contribution >= 0.6 is 22.9 Å². The summed E-state index contributed by atoms with van der Waals surface area (Å²) in [4.78, 5) is 14.2. The van der Waals surface area contributed by atoms with E-state index in [-0.39, 0.29) is 17.2 Å². The summed E-state index contributed by atoms with van der Waals surface area (Å²) in [5, 5.41) is 0.0685. The van der Waals surface area contributed by atoms with Crippen LogP contribution < -0.4 is 0 Å². The third-order valence-corrected chi connectivity index (χ3v) is 4.97. The van der Waals surface area contributed by atoms with E-state index in [2.05, 4.69) is 0 Å². The smallest absolute Gasteiger partial charge is 0.177 e. The molecule has 0 spiro atoms. The Kier molecular flexibility index (Phi) is 3.42. The molecule has 4 heteroatoms. The monoisotopic (exact) mass is 294 g/mol. The average molecular weight is 295 g/mol. The number of hydrogen-bond acceptors (Lipinski definition) is 2. The predicted molar refractivity (Wildman–Crippen MR) is 75.8 cm³/mol. The van der Waals surface area contributed by atoms with Gasteiger partial charge in [-0.1, -0.05) is 23.7 Å². The largest absolute Gasteiger partial charge is 0.293 e. The molecule has 3 rings (SSSR count). The van der Waals surface area contributed by atoms with Gasteiger partial charge in [0.2, 0.25) is 0 Å². The Bertz CT molecular complexity index is 626. The molecule has 0 atom stereocenters. The number of carbonyl (C=O) groups is 1. The van der Waals surface area contributed by atoms with Crippen LogP contribution in [0.2, 0.25) is 5.02 Å². The summed E-state index contributed by atoms with van der Waals surface area (Å²) in [5.74, 6) is -0.512. The fourth-order valence-electron chi connectivity index (χ4n) is 2.41. The summed E-state index contributed by atoms with van der Waals surface area (Å²) >= 11 is 7.27. The van der Waals surface area contributed by atoms with E-state index in [1.54, 1.807) is 23.5 Å². The zero-order valence-electron chi connectivity index (χ0n) is 10.2. The molecule has 0 saturated carbocycles. The number of aryl methyl sites for hydroxylation is 2. The van der Waals surface area contributed by atoms with Crippen LogP contribution in [-0.2, 0) is 19.3 Å². The summed E-state index contributed by atoms with van der Waals surface area (Å²) < 4.78 is 13.8. The number of halogens is 2. The number of fused-ring (bicyclic) bond motifs is 1. The van der Waals surface area contributed by atoms with Crippen molar-refractivity contribution < 1.29 is 9.18 Å². The van der Waals surface area contributed by atoms with Gasteiger partial charge < -0.3 is 0 Å². The quantitative estimate of drug-likeness (QED) is 0.764. The molecule has 0 unspecified atom stereocenters. The first kappa shape index (κ1) is 12.8. The molecular formula is C15H12ClFOS. The van der Waals surface area contributed by atoms with E-state index in [0.29, 0.717) is 5.56 Å². The van der Waals surface area contributed by atoms with Gasteiger partial charge in [-0.3, -0.25) is 4.79 Å². The van der Waals surface area contributed by atoms with E-state index >= 15 is 0 Å². The summed E-state index contributed by atoms with van der Waals surface area (Å²) in [5.41, 5.74) is 1.66. The van der Waals surface area contributed by atoms with E-state index in [1.807, 2.05) is 6.07 Å². The Balaban J connectivity index is 1.82. The van der Waals surface area contributed by atoms with Crippen LogP contribution in [0.15, 0.2) is 24.3 Å². The molecule has 1 aromatic carbocycles. The lowest BCUT2D eigenvalue weighted by Gasteiger charge is -2.02. The Morgan fingerprint density at radius 3 is 3.00 bits per heavy atom. The van der Waals surface area contributed by atoms with E-state index in [9.17, 15) is 9.18 Å². The molecule has 1 nitrogen and oxygen atoms in total. The molecule has 1 aromatic heterocycles. The molecular weight excluding hydrogens is 283 g/mol. The number of rotatable bonds is 3. The molecule has 0 N–H and O–H groups in total. The summed E-state index contributed by atoms with van der Waals surface area (Å²) in [7, 11) is 0. The second-order valence-corrected chi connectivity index (χ2v) is 6.27. The van der Waals surface area contributed by atoms with Gasteiger partial charge in [-0.05, 0) is 42.5 Å². The minimum Gasteiger partial charge on any atom is -0.293 e. The van der Waals surface area contributed by atoms with Crippen LogP contribution in [0.3, 0.4) is 0 Å². The Morgan fingerprint density at radius 2 is 2.21 bits per heavy atom. The molecule has 98 valence electrons. The van der Waals surface area contributed by atoms with Crippen molar-refractivity contribution in [3.8, 4) is 0 Å². The number of Topliss-reactive ketones (excluding diaryl/α,β-unsaturated/α-hetero) is 1. The zero-order chi connectivity index (χ0) is 13.4. The minimum absolute atomic E-state index is 0.0273. The lowest BCUT2D eigenvalue weighted by Crippen LogP contribution is -2.03. The lowest BCUT2D eigenvalue weighted by molar-refractivity contribution is 0.0995. The van der Waals surface area contributed by atoms with Crippen molar-refractivity contribution >= 4 is 28.7 Å². The molecule has 1 aliphatic rings. The SMILES string of the molecule is O=C(Cc1cccc(Cl)c1F)c1cc2c(s1)CCC2. The van der Waals surface area contributed by atoms with E-state index in [1.165, 1.54) is 22.9 Å². The Labute approximate surface area is 120 Å². The van der Waals surface area contributed by atoms with Crippen LogP contribution in [0.1, 0.15) is 32.1 Å². The number of thiophene rings is 1. The Hall–Kier alpha value is -1.19. The highest BCUT2D eigenvalue weighted by atomic mass is 35.5. The second-order valence-electron chi connectivity index (χ2n) is 4.73. The molecule has 0 fully saturated rings. The molecule has 1 heterocycles. The minimum atomic E-state index is -0.485. The molecule has 0 amide bonds. The van der Waals surface area contributed by atoms with Crippen LogP contribution in [0.5, 0.6) is 0 Å². The normalized spacial score (nSPS) is 13.6. The predicted octanol–water partition coefficient (Wildman–Crippen LogP) is 4.45. The maximum atomic E-state index is 13.8. The van der Waals surface area contributed by atoms with Crippen molar-refractivity contribution in [2.75, 3.05) is 0 Å². The van der Waals surface area contributed by atoms with Gasteiger partial charge in [0.1, 0.15) is 5.82 Å². The first-order valence-electron chi connectivity index (χ1n) is 6.23. The summed E-state index contributed by atoms with van der Waals surface area (Å²) in [6.07, 6.45) is 3.38. The van der Waals surface area contributed by atoms with Crippen molar-refractivity contribution in [3.63, 3.8) is 0 Å². The fourth-order valence-corrected chi connectivity index (χ4v) is 3.80. The first-order chi connectivity index (χ1) is 9.15. The van der Waals surface area contributed by atoms with Gasteiger partial charge in [0.25, 0.3) is 0 Å². The topological polar surface area (TPSA) is 17.1 Å². The number of hydrogen-bond donors (Lipinski definition) is 0. The van der Waals surface area contributed by atoms with Crippen LogP contribution in [0.25, 0.3) is 0 Å². The van der Waals surface area contributed by atoms with E-state index < -0.39 is 5.82 Å². The highest BCUT2D eigenvalue weighted by Gasteiger charge is 2.19. The van der Waals surface area contributed by atoms with Crippen molar-refractivity contribution in [1.82, 2.24) is 0 Å². The van der Waals surface area contributed by atoms with Crippen LogP contribution in [-0.4, -0.2) is 5.78 Å². The highest BCUT2D eigenvalue weighted by molar-refractivity contribution is 7.14. The molecule has 19 heavy (non-hydrogen) atoms. The van der Waals surface area contributed by atoms with Gasteiger partial charge in [0, 0.05) is 11.3 Å². The molecule has 0 aliphatic heterocycles. The highest BCUT2D eigenvalue weighted by Crippen LogP contribution is 2.31. The number of carbonyl (C=O) groups excluding carboxylic acids is 1. The van der Waals surface area contributed by atoms with Gasteiger partial charge in [-0.25, -0.2) is 4.39 Å². The number of ketones is 1. The lowest BCUT2D eigenvalue weighted by atomic mass is 10.1. The maximum Gasteiger partial charge on any atom is 0.177 e. The van der Waals surface area contributed by atoms with E-state index in [4.69, 9.17) is 11.6 Å². The Morgan fingerprint density at radius 1 is 1.37 bits per heavy atom.